The monoisotopic (exact) mass is 611 g/mol. The summed E-state index contributed by atoms with van der Waals surface area (Å²) in [5.74, 6) is -0.0859. The Morgan fingerprint density at radius 1 is 0.805 bits per heavy atom. The standard InChI is InChI=1S/C31H22BrN3O6/c32-24-8-4-7-23(17-24)31(38)41-25-12-9-20(10-13-25)18-33-35-30(37)26(34-29(36)22-5-2-1-3-6-22)15-21-11-14-27-28(16-21)40-19-39-27/h1-18H,19H2,(H,34,36)(H,35,37)/b26-15+,33-18-. The molecule has 0 saturated heterocycles. The van der Waals surface area contributed by atoms with Gasteiger partial charge >= 0.3 is 5.97 Å². The molecule has 0 atom stereocenters. The Hall–Kier alpha value is -5.22. The van der Waals surface area contributed by atoms with Gasteiger partial charge in [-0.05, 0) is 83.9 Å². The third kappa shape index (κ3) is 7.25. The number of carbonyl (C=O) groups excluding carboxylic acids is 3. The van der Waals surface area contributed by atoms with Gasteiger partial charge in [-0.1, -0.05) is 46.3 Å². The van der Waals surface area contributed by atoms with Gasteiger partial charge in [0.25, 0.3) is 11.8 Å². The maximum Gasteiger partial charge on any atom is 0.343 e. The number of carbonyl (C=O) groups is 3. The maximum absolute atomic E-state index is 13.0. The summed E-state index contributed by atoms with van der Waals surface area (Å²) in [5.41, 5.74) is 4.47. The van der Waals surface area contributed by atoms with Crippen LogP contribution in [0.5, 0.6) is 17.2 Å². The van der Waals surface area contributed by atoms with Crippen LogP contribution < -0.4 is 25.0 Å². The van der Waals surface area contributed by atoms with E-state index in [9.17, 15) is 14.4 Å². The molecule has 0 fully saturated rings. The summed E-state index contributed by atoms with van der Waals surface area (Å²) in [6.07, 6.45) is 2.94. The van der Waals surface area contributed by atoms with Gasteiger partial charge < -0.3 is 19.5 Å². The van der Waals surface area contributed by atoms with Gasteiger partial charge in [-0.15, -0.1) is 0 Å². The molecule has 204 valence electrons. The van der Waals surface area contributed by atoms with Gasteiger partial charge in [0.05, 0.1) is 11.8 Å². The van der Waals surface area contributed by atoms with Crippen LogP contribution in [0.4, 0.5) is 0 Å². The molecule has 2 amide bonds. The summed E-state index contributed by atoms with van der Waals surface area (Å²) in [6, 6.07) is 27.2. The Morgan fingerprint density at radius 3 is 2.32 bits per heavy atom. The third-order valence-electron chi connectivity index (χ3n) is 5.77. The molecule has 41 heavy (non-hydrogen) atoms. The highest BCUT2D eigenvalue weighted by Crippen LogP contribution is 2.33. The van der Waals surface area contributed by atoms with Crippen LogP contribution in [0.2, 0.25) is 0 Å². The summed E-state index contributed by atoms with van der Waals surface area (Å²) in [4.78, 5) is 38.2. The molecule has 1 aliphatic rings. The van der Waals surface area contributed by atoms with Crippen molar-refractivity contribution in [3.8, 4) is 17.2 Å². The third-order valence-corrected chi connectivity index (χ3v) is 6.26. The summed E-state index contributed by atoms with van der Waals surface area (Å²) in [6.45, 7) is 0.115. The van der Waals surface area contributed by atoms with E-state index < -0.39 is 17.8 Å². The second-order valence-electron chi connectivity index (χ2n) is 8.66. The fraction of sp³-hybridized carbons (Fsp3) is 0.0323. The zero-order chi connectivity index (χ0) is 28.6. The van der Waals surface area contributed by atoms with E-state index in [-0.39, 0.29) is 12.5 Å². The first-order valence-electron chi connectivity index (χ1n) is 12.3. The Kier molecular flexibility index (Phi) is 8.51. The summed E-state index contributed by atoms with van der Waals surface area (Å²) in [7, 11) is 0. The molecule has 0 spiro atoms. The van der Waals surface area contributed by atoms with Crippen LogP contribution in [-0.4, -0.2) is 30.8 Å². The Labute approximate surface area is 243 Å². The summed E-state index contributed by atoms with van der Waals surface area (Å²) in [5, 5.41) is 6.67. The number of rotatable bonds is 8. The van der Waals surface area contributed by atoms with Gasteiger partial charge in [-0.2, -0.15) is 5.10 Å². The number of hydrogen-bond donors (Lipinski definition) is 2. The number of esters is 1. The highest BCUT2D eigenvalue weighted by molar-refractivity contribution is 9.10. The number of nitrogens with zero attached hydrogens (tertiary/aromatic N) is 1. The molecule has 0 saturated carbocycles. The molecular formula is C31H22BrN3O6. The molecule has 1 heterocycles. The van der Waals surface area contributed by atoms with Crippen LogP contribution in [0.3, 0.4) is 0 Å². The van der Waals surface area contributed by atoms with Gasteiger partial charge in [0.2, 0.25) is 6.79 Å². The van der Waals surface area contributed by atoms with Crippen LogP contribution in [0.1, 0.15) is 31.8 Å². The predicted molar refractivity (Wildman–Crippen MR) is 156 cm³/mol. The quantitative estimate of drug-likeness (QED) is 0.0916. The minimum atomic E-state index is -0.636. The molecule has 5 rings (SSSR count). The zero-order valence-corrected chi connectivity index (χ0v) is 23.0. The van der Waals surface area contributed by atoms with Crippen molar-refractivity contribution in [2.24, 2.45) is 5.10 Å². The molecule has 4 aromatic rings. The van der Waals surface area contributed by atoms with Crippen LogP contribution in [-0.2, 0) is 4.79 Å². The van der Waals surface area contributed by atoms with Crippen LogP contribution in [0.15, 0.2) is 112 Å². The maximum atomic E-state index is 13.0. The lowest BCUT2D eigenvalue weighted by molar-refractivity contribution is -0.117. The molecule has 1 aliphatic heterocycles. The summed E-state index contributed by atoms with van der Waals surface area (Å²) >= 11 is 3.33. The number of hydrazone groups is 1. The minimum absolute atomic E-state index is 0.0234. The second kappa shape index (κ2) is 12.8. The van der Waals surface area contributed by atoms with E-state index in [1.165, 1.54) is 12.3 Å². The normalized spacial score (nSPS) is 12.2. The molecule has 10 heteroatoms. The average molecular weight is 612 g/mol. The first-order chi connectivity index (χ1) is 19.9. The lowest BCUT2D eigenvalue weighted by atomic mass is 10.1. The molecule has 0 aliphatic carbocycles. The van der Waals surface area contributed by atoms with Gasteiger partial charge in [0, 0.05) is 10.0 Å². The molecule has 0 unspecified atom stereocenters. The molecule has 0 bridgehead atoms. The minimum Gasteiger partial charge on any atom is -0.454 e. The summed E-state index contributed by atoms with van der Waals surface area (Å²) < 4.78 is 16.9. The molecule has 0 aromatic heterocycles. The number of nitrogens with one attached hydrogen (secondary N) is 2. The van der Waals surface area contributed by atoms with E-state index in [0.29, 0.717) is 39.5 Å². The smallest absolute Gasteiger partial charge is 0.343 e. The highest BCUT2D eigenvalue weighted by Gasteiger charge is 2.17. The van der Waals surface area contributed by atoms with E-state index >= 15 is 0 Å². The van der Waals surface area contributed by atoms with Crippen molar-refractivity contribution >= 4 is 46.0 Å². The molecule has 9 nitrogen and oxygen atoms in total. The number of fused-ring (bicyclic) bond motifs is 1. The fourth-order valence-electron chi connectivity index (χ4n) is 3.74. The van der Waals surface area contributed by atoms with Crippen molar-refractivity contribution in [1.29, 1.82) is 0 Å². The molecule has 2 N–H and O–H groups in total. The Bertz CT molecular complexity index is 1650. The topological polar surface area (TPSA) is 115 Å². The van der Waals surface area contributed by atoms with Crippen LogP contribution in [0, 0.1) is 0 Å². The number of amides is 2. The van der Waals surface area contributed by atoms with E-state index in [4.69, 9.17) is 14.2 Å². The van der Waals surface area contributed by atoms with E-state index in [1.807, 2.05) is 6.07 Å². The number of benzene rings is 4. The van der Waals surface area contributed by atoms with Gasteiger partial charge in [-0.25, -0.2) is 10.2 Å². The van der Waals surface area contributed by atoms with Crippen molar-refractivity contribution in [2.75, 3.05) is 6.79 Å². The fourth-order valence-corrected chi connectivity index (χ4v) is 4.14. The Morgan fingerprint density at radius 2 is 1.54 bits per heavy atom. The largest absolute Gasteiger partial charge is 0.454 e. The number of ether oxygens (including phenoxy) is 3. The lowest BCUT2D eigenvalue weighted by Crippen LogP contribution is -2.32. The first-order valence-corrected chi connectivity index (χ1v) is 13.1. The van der Waals surface area contributed by atoms with Crippen molar-refractivity contribution in [3.63, 3.8) is 0 Å². The molecule has 0 radical (unpaired) electrons. The van der Waals surface area contributed by atoms with Crippen molar-refractivity contribution < 1.29 is 28.6 Å². The number of hydrogen-bond acceptors (Lipinski definition) is 7. The van der Waals surface area contributed by atoms with Crippen LogP contribution in [0.25, 0.3) is 6.08 Å². The van der Waals surface area contributed by atoms with E-state index in [2.05, 4.69) is 31.8 Å². The predicted octanol–water partition coefficient (Wildman–Crippen LogP) is 5.32. The average Bonchev–Trinajstić information content (AvgIpc) is 3.46. The van der Waals surface area contributed by atoms with Gasteiger partial charge in [-0.3, -0.25) is 9.59 Å². The lowest BCUT2D eigenvalue weighted by Gasteiger charge is -2.09. The van der Waals surface area contributed by atoms with Gasteiger partial charge in [0.15, 0.2) is 11.5 Å². The van der Waals surface area contributed by atoms with Crippen LogP contribution >= 0.6 is 15.9 Å². The highest BCUT2D eigenvalue weighted by atomic mass is 79.9. The number of halogens is 1. The van der Waals surface area contributed by atoms with Crippen molar-refractivity contribution in [3.05, 3.63) is 129 Å². The van der Waals surface area contributed by atoms with E-state index in [1.54, 1.807) is 91.0 Å². The molecular weight excluding hydrogens is 590 g/mol. The van der Waals surface area contributed by atoms with Crippen molar-refractivity contribution in [1.82, 2.24) is 10.7 Å². The zero-order valence-electron chi connectivity index (χ0n) is 21.4. The second-order valence-corrected chi connectivity index (χ2v) is 9.57. The van der Waals surface area contributed by atoms with Gasteiger partial charge in [0.1, 0.15) is 11.4 Å². The molecule has 4 aromatic carbocycles. The van der Waals surface area contributed by atoms with Crippen molar-refractivity contribution in [2.45, 2.75) is 0 Å². The SMILES string of the molecule is O=C(N/N=C\c1ccc(OC(=O)c2cccc(Br)c2)cc1)/C(=C\c1ccc2c(c1)OCO2)NC(=O)c1ccccc1. The first kappa shape index (κ1) is 27.4. The van der Waals surface area contributed by atoms with E-state index in [0.717, 1.165) is 4.47 Å². The Balaban J connectivity index is 1.26.